The van der Waals surface area contributed by atoms with Crippen LogP contribution in [-0.2, 0) is 9.53 Å². The van der Waals surface area contributed by atoms with Gasteiger partial charge in [-0.25, -0.2) is 0 Å². The first-order valence-corrected chi connectivity index (χ1v) is 9.66. The maximum Gasteiger partial charge on any atom is 0.308 e. The minimum Gasteiger partial charge on any atom is -0.464 e. The molecule has 0 aromatic carbocycles. The summed E-state index contributed by atoms with van der Waals surface area (Å²) in [6, 6.07) is 0. The lowest BCUT2D eigenvalue weighted by Gasteiger charge is -2.24. The van der Waals surface area contributed by atoms with Crippen LogP contribution in [0.2, 0.25) is 0 Å². The summed E-state index contributed by atoms with van der Waals surface area (Å²) in [4.78, 5) is 14.2. The molecule has 0 aromatic rings. The van der Waals surface area contributed by atoms with Crippen LogP contribution in [-0.4, -0.2) is 48.8 Å². The summed E-state index contributed by atoms with van der Waals surface area (Å²) in [6.07, 6.45) is 12.1. The second kappa shape index (κ2) is 12.8. The third kappa shape index (κ3) is 9.98. The van der Waals surface area contributed by atoms with Crippen LogP contribution in [0.15, 0.2) is 0 Å². The number of nitrogens with zero attached hydrogens (tertiary/aromatic N) is 1. The van der Waals surface area contributed by atoms with Crippen molar-refractivity contribution in [3.63, 3.8) is 0 Å². The van der Waals surface area contributed by atoms with E-state index < -0.39 is 0 Å². The number of carbonyl (C=O) groups excluding carboxylic acids is 1. The standard InChI is InChI=1S/C19H37NO3/c1-3-4-5-6-7-8-9-14-20(2)15-16-23-19(22)17-10-12-18(21)13-11-17/h17-18,21H,3-16H2,1-2H3. The van der Waals surface area contributed by atoms with Crippen LogP contribution in [0, 0.1) is 5.92 Å². The van der Waals surface area contributed by atoms with Crippen molar-refractivity contribution in [2.45, 2.75) is 83.7 Å². The molecule has 23 heavy (non-hydrogen) atoms. The average Bonchev–Trinajstić information content (AvgIpc) is 2.54. The van der Waals surface area contributed by atoms with Crippen molar-refractivity contribution in [2.24, 2.45) is 5.92 Å². The number of unbranched alkanes of at least 4 members (excludes halogenated alkanes) is 6. The highest BCUT2D eigenvalue weighted by Crippen LogP contribution is 2.25. The summed E-state index contributed by atoms with van der Waals surface area (Å²) in [6.45, 7) is 4.64. The van der Waals surface area contributed by atoms with Crippen molar-refractivity contribution < 1.29 is 14.6 Å². The highest BCUT2D eigenvalue weighted by atomic mass is 16.5. The van der Waals surface area contributed by atoms with Crippen molar-refractivity contribution >= 4 is 5.97 Å². The quantitative estimate of drug-likeness (QED) is 0.438. The molecule has 1 aliphatic rings. The van der Waals surface area contributed by atoms with E-state index in [0.29, 0.717) is 6.61 Å². The lowest BCUT2D eigenvalue weighted by atomic mass is 9.88. The van der Waals surface area contributed by atoms with Crippen LogP contribution < -0.4 is 0 Å². The summed E-state index contributed by atoms with van der Waals surface area (Å²) in [5.41, 5.74) is 0. The number of hydrogen-bond acceptors (Lipinski definition) is 4. The maximum absolute atomic E-state index is 11.9. The SMILES string of the molecule is CCCCCCCCCN(C)CCOC(=O)C1CCC(O)CC1. The molecule has 1 N–H and O–H groups in total. The number of aliphatic hydroxyl groups is 1. The summed E-state index contributed by atoms with van der Waals surface area (Å²) in [5.74, 6) is -0.0620. The molecule has 0 saturated heterocycles. The van der Waals surface area contributed by atoms with Gasteiger partial charge in [0, 0.05) is 6.54 Å². The zero-order valence-electron chi connectivity index (χ0n) is 15.3. The lowest BCUT2D eigenvalue weighted by molar-refractivity contribution is -0.150. The molecule has 0 radical (unpaired) electrons. The Kier molecular flexibility index (Phi) is 11.3. The second-order valence-corrected chi connectivity index (χ2v) is 7.10. The van der Waals surface area contributed by atoms with Crippen molar-refractivity contribution in [1.82, 2.24) is 4.90 Å². The Bertz CT molecular complexity index is 301. The fourth-order valence-corrected chi connectivity index (χ4v) is 3.18. The Balaban J connectivity index is 1.95. The smallest absolute Gasteiger partial charge is 0.308 e. The Morgan fingerprint density at radius 2 is 1.61 bits per heavy atom. The van der Waals surface area contributed by atoms with Crippen LogP contribution in [0.3, 0.4) is 0 Å². The largest absolute Gasteiger partial charge is 0.464 e. The minimum absolute atomic E-state index is 0.00632. The predicted molar refractivity (Wildman–Crippen MR) is 94.4 cm³/mol. The Morgan fingerprint density at radius 3 is 2.26 bits per heavy atom. The number of ether oxygens (including phenoxy) is 1. The molecule has 0 aliphatic heterocycles. The first-order valence-electron chi connectivity index (χ1n) is 9.66. The minimum atomic E-state index is -0.216. The third-order valence-corrected chi connectivity index (χ3v) is 4.89. The molecule has 4 heteroatoms. The molecule has 0 aromatic heterocycles. The number of esters is 1. The van der Waals surface area contributed by atoms with E-state index in [1.807, 2.05) is 0 Å². The van der Waals surface area contributed by atoms with E-state index >= 15 is 0 Å². The fourth-order valence-electron chi connectivity index (χ4n) is 3.18. The van der Waals surface area contributed by atoms with Crippen LogP contribution >= 0.6 is 0 Å². The van der Waals surface area contributed by atoms with E-state index in [2.05, 4.69) is 18.9 Å². The van der Waals surface area contributed by atoms with Gasteiger partial charge >= 0.3 is 5.97 Å². The molecule has 4 nitrogen and oxygen atoms in total. The number of aliphatic hydroxyl groups excluding tert-OH is 1. The van der Waals surface area contributed by atoms with Crippen molar-refractivity contribution in [3.8, 4) is 0 Å². The van der Waals surface area contributed by atoms with Crippen LogP contribution in [0.1, 0.15) is 77.6 Å². The Hall–Kier alpha value is -0.610. The highest BCUT2D eigenvalue weighted by Gasteiger charge is 2.26. The molecule has 0 spiro atoms. The summed E-state index contributed by atoms with van der Waals surface area (Å²) in [5, 5.41) is 9.46. The molecule has 0 unspecified atom stereocenters. The van der Waals surface area contributed by atoms with Gasteiger partial charge < -0.3 is 14.7 Å². The van der Waals surface area contributed by atoms with Crippen LogP contribution in [0.25, 0.3) is 0 Å². The van der Waals surface area contributed by atoms with Gasteiger partial charge in [-0.15, -0.1) is 0 Å². The van der Waals surface area contributed by atoms with Crippen LogP contribution in [0.5, 0.6) is 0 Å². The van der Waals surface area contributed by atoms with Gasteiger partial charge in [-0.2, -0.15) is 0 Å². The normalized spacial score (nSPS) is 21.6. The fraction of sp³-hybridized carbons (Fsp3) is 0.947. The molecular weight excluding hydrogens is 290 g/mol. The van der Waals surface area contributed by atoms with Gasteiger partial charge in [-0.1, -0.05) is 45.4 Å². The first kappa shape index (κ1) is 20.4. The molecule has 1 aliphatic carbocycles. The molecule has 0 bridgehead atoms. The van der Waals surface area contributed by atoms with Gasteiger partial charge in [0.1, 0.15) is 6.61 Å². The first-order chi connectivity index (χ1) is 11.1. The second-order valence-electron chi connectivity index (χ2n) is 7.10. The van der Waals surface area contributed by atoms with Gasteiger partial charge in [-0.3, -0.25) is 4.79 Å². The molecule has 1 saturated carbocycles. The number of carbonyl (C=O) groups is 1. The Morgan fingerprint density at radius 1 is 1.00 bits per heavy atom. The molecule has 0 atom stereocenters. The zero-order chi connectivity index (χ0) is 16.9. The average molecular weight is 328 g/mol. The van der Waals surface area contributed by atoms with Gasteiger partial charge in [0.05, 0.1) is 12.0 Å². The molecule has 1 fully saturated rings. The molecule has 1 rings (SSSR count). The predicted octanol–water partition coefficient (Wildman–Crippen LogP) is 3.76. The highest BCUT2D eigenvalue weighted by molar-refractivity contribution is 5.72. The van der Waals surface area contributed by atoms with Crippen molar-refractivity contribution in [3.05, 3.63) is 0 Å². The van der Waals surface area contributed by atoms with E-state index in [-0.39, 0.29) is 18.0 Å². The lowest BCUT2D eigenvalue weighted by Crippen LogP contribution is -2.29. The molecule has 0 amide bonds. The van der Waals surface area contributed by atoms with Gasteiger partial charge in [0.15, 0.2) is 0 Å². The summed E-state index contributed by atoms with van der Waals surface area (Å²) in [7, 11) is 2.10. The van der Waals surface area contributed by atoms with Crippen molar-refractivity contribution in [2.75, 3.05) is 26.7 Å². The Labute approximate surface area is 142 Å². The number of rotatable bonds is 12. The van der Waals surface area contributed by atoms with E-state index in [9.17, 15) is 9.90 Å². The molecule has 0 heterocycles. The maximum atomic E-state index is 11.9. The monoisotopic (exact) mass is 327 g/mol. The topological polar surface area (TPSA) is 49.8 Å². The third-order valence-electron chi connectivity index (χ3n) is 4.89. The van der Waals surface area contributed by atoms with Gasteiger partial charge in [0.25, 0.3) is 0 Å². The van der Waals surface area contributed by atoms with E-state index in [4.69, 9.17) is 4.74 Å². The van der Waals surface area contributed by atoms with Crippen molar-refractivity contribution in [1.29, 1.82) is 0 Å². The van der Waals surface area contributed by atoms with E-state index in [1.54, 1.807) is 0 Å². The summed E-state index contributed by atoms with van der Waals surface area (Å²) < 4.78 is 5.40. The zero-order valence-corrected chi connectivity index (χ0v) is 15.3. The van der Waals surface area contributed by atoms with E-state index in [1.165, 1.54) is 44.9 Å². The molecular formula is C19H37NO3. The number of hydrogen-bond donors (Lipinski definition) is 1. The van der Waals surface area contributed by atoms with E-state index in [0.717, 1.165) is 38.8 Å². The number of likely N-dealkylation sites (N-methyl/N-ethyl adjacent to an activating group) is 1. The van der Waals surface area contributed by atoms with Crippen LogP contribution in [0.4, 0.5) is 0 Å². The molecule has 136 valence electrons. The van der Waals surface area contributed by atoms with Gasteiger partial charge in [-0.05, 0) is 45.7 Å². The van der Waals surface area contributed by atoms with Gasteiger partial charge in [0.2, 0.25) is 0 Å². The summed E-state index contributed by atoms with van der Waals surface area (Å²) >= 11 is 0.